The topological polar surface area (TPSA) is 54.7 Å². The summed E-state index contributed by atoms with van der Waals surface area (Å²) < 4.78 is 11.1. The fraction of sp³-hybridized carbons (Fsp3) is 0.227. The molecule has 0 aliphatic carbocycles. The maximum atomic E-state index is 12.6. The maximum absolute atomic E-state index is 12.6. The van der Waals surface area contributed by atoms with Crippen molar-refractivity contribution >= 4 is 40.5 Å². The largest absolute Gasteiger partial charge is 0.451 e. The molecule has 7 heteroatoms. The van der Waals surface area contributed by atoms with Gasteiger partial charge in [-0.15, -0.1) is 0 Å². The molecule has 2 heterocycles. The van der Waals surface area contributed by atoms with Crippen LogP contribution in [0.2, 0.25) is 10.0 Å². The molecule has 1 aromatic heterocycles. The molecule has 150 valence electrons. The number of nitrogens with one attached hydrogen (secondary N) is 1. The average molecular weight is 431 g/mol. The van der Waals surface area contributed by atoms with Gasteiger partial charge in [0, 0.05) is 29.4 Å². The van der Waals surface area contributed by atoms with E-state index in [1.54, 1.807) is 18.2 Å². The van der Waals surface area contributed by atoms with Crippen molar-refractivity contribution in [2.45, 2.75) is 6.92 Å². The Hall–Kier alpha value is -2.47. The lowest BCUT2D eigenvalue weighted by Crippen LogP contribution is -2.36. The summed E-state index contributed by atoms with van der Waals surface area (Å²) in [6.07, 6.45) is 0. The van der Waals surface area contributed by atoms with Crippen molar-refractivity contribution in [1.29, 1.82) is 0 Å². The Kier molecular flexibility index (Phi) is 5.81. The van der Waals surface area contributed by atoms with E-state index < -0.39 is 0 Å². The molecule has 0 bridgehead atoms. The van der Waals surface area contributed by atoms with Crippen molar-refractivity contribution < 1.29 is 13.9 Å². The highest BCUT2D eigenvalue weighted by Crippen LogP contribution is 2.31. The monoisotopic (exact) mass is 430 g/mol. The summed E-state index contributed by atoms with van der Waals surface area (Å²) in [6.45, 7) is 4.87. The number of morpholine rings is 1. The van der Waals surface area contributed by atoms with Gasteiger partial charge in [-0.1, -0.05) is 35.3 Å². The highest BCUT2D eigenvalue weighted by atomic mass is 35.5. The number of anilines is 2. The van der Waals surface area contributed by atoms with E-state index in [0.29, 0.717) is 34.7 Å². The third-order valence-electron chi connectivity index (χ3n) is 4.92. The third-order valence-corrected chi connectivity index (χ3v) is 5.63. The predicted octanol–water partition coefficient (Wildman–Crippen LogP) is 5.65. The molecule has 1 saturated heterocycles. The van der Waals surface area contributed by atoms with Gasteiger partial charge in [0.15, 0.2) is 5.76 Å². The predicted molar refractivity (Wildman–Crippen MR) is 116 cm³/mol. The number of amides is 1. The second-order valence-corrected chi connectivity index (χ2v) is 7.61. The first-order valence-corrected chi connectivity index (χ1v) is 10.1. The molecule has 3 aromatic rings. The fourth-order valence-corrected chi connectivity index (χ4v) is 3.79. The van der Waals surface area contributed by atoms with Gasteiger partial charge in [-0.3, -0.25) is 4.79 Å². The number of nitrogens with zero attached hydrogens (tertiary/aromatic N) is 1. The van der Waals surface area contributed by atoms with E-state index in [0.717, 1.165) is 29.9 Å². The number of hydrogen-bond donors (Lipinski definition) is 1. The van der Waals surface area contributed by atoms with Crippen LogP contribution >= 0.6 is 23.2 Å². The van der Waals surface area contributed by atoms with E-state index >= 15 is 0 Å². The molecular formula is C22H20Cl2N2O3. The molecule has 4 rings (SSSR count). The van der Waals surface area contributed by atoms with Gasteiger partial charge >= 0.3 is 0 Å². The second kappa shape index (κ2) is 8.49. The van der Waals surface area contributed by atoms with Crippen molar-refractivity contribution in [3.8, 4) is 11.3 Å². The summed E-state index contributed by atoms with van der Waals surface area (Å²) in [5.41, 5.74) is 3.30. The lowest BCUT2D eigenvalue weighted by atomic mass is 10.1. The summed E-state index contributed by atoms with van der Waals surface area (Å²) >= 11 is 12.6. The second-order valence-electron chi connectivity index (χ2n) is 6.80. The molecular weight excluding hydrogens is 411 g/mol. The molecule has 1 amide bonds. The number of halogens is 2. The fourth-order valence-electron chi connectivity index (χ4n) is 3.32. The van der Waals surface area contributed by atoms with Crippen LogP contribution in [0.15, 0.2) is 52.9 Å². The first-order chi connectivity index (χ1) is 14.0. The zero-order valence-electron chi connectivity index (χ0n) is 15.9. The quantitative estimate of drug-likeness (QED) is 0.580. The highest BCUT2D eigenvalue weighted by molar-refractivity contribution is 6.33. The summed E-state index contributed by atoms with van der Waals surface area (Å²) in [7, 11) is 0. The summed E-state index contributed by atoms with van der Waals surface area (Å²) in [4.78, 5) is 14.8. The summed E-state index contributed by atoms with van der Waals surface area (Å²) in [5.74, 6) is 0.467. The molecule has 2 aromatic carbocycles. The Bertz CT molecular complexity index is 1040. The number of carbonyl (C=O) groups is 1. The van der Waals surface area contributed by atoms with Crippen molar-refractivity contribution in [2.75, 3.05) is 36.5 Å². The van der Waals surface area contributed by atoms with Crippen LogP contribution in [0.5, 0.6) is 0 Å². The number of rotatable bonds is 4. The highest BCUT2D eigenvalue weighted by Gasteiger charge is 2.17. The molecule has 29 heavy (non-hydrogen) atoms. The molecule has 1 aliphatic heterocycles. The maximum Gasteiger partial charge on any atom is 0.291 e. The van der Waals surface area contributed by atoms with Crippen LogP contribution in [0.1, 0.15) is 16.1 Å². The minimum absolute atomic E-state index is 0.216. The number of ether oxygens (including phenoxy) is 1. The molecule has 0 unspecified atom stereocenters. The molecule has 0 saturated carbocycles. The molecule has 0 spiro atoms. The van der Waals surface area contributed by atoms with Crippen molar-refractivity contribution in [3.05, 3.63) is 69.9 Å². The Balaban J connectivity index is 1.49. The minimum atomic E-state index is -0.342. The first-order valence-electron chi connectivity index (χ1n) is 9.32. The first kappa shape index (κ1) is 19.8. The van der Waals surface area contributed by atoms with Crippen LogP contribution in [0.3, 0.4) is 0 Å². The minimum Gasteiger partial charge on any atom is -0.451 e. The van der Waals surface area contributed by atoms with Crippen LogP contribution in [-0.2, 0) is 4.74 Å². The average Bonchev–Trinajstić information content (AvgIpc) is 3.21. The number of hydrogen-bond acceptors (Lipinski definition) is 4. The van der Waals surface area contributed by atoms with Gasteiger partial charge in [0.25, 0.3) is 5.91 Å². The number of furan rings is 1. The molecule has 1 aliphatic rings. The Morgan fingerprint density at radius 1 is 1.03 bits per heavy atom. The van der Waals surface area contributed by atoms with Crippen LogP contribution in [0.4, 0.5) is 11.4 Å². The van der Waals surface area contributed by atoms with Gasteiger partial charge in [0.05, 0.1) is 23.9 Å². The van der Waals surface area contributed by atoms with Gasteiger partial charge in [-0.25, -0.2) is 0 Å². The smallest absolute Gasteiger partial charge is 0.291 e. The molecule has 5 nitrogen and oxygen atoms in total. The van der Waals surface area contributed by atoms with Crippen LogP contribution < -0.4 is 10.2 Å². The number of carbonyl (C=O) groups excluding carboxylic acids is 1. The molecule has 0 radical (unpaired) electrons. The zero-order valence-corrected chi connectivity index (χ0v) is 17.4. The van der Waals surface area contributed by atoms with Gasteiger partial charge < -0.3 is 19.4 Å². The van der Waals surface area contributed by atoms with Crippen LogP contribution in [-0.4, -0.2) is 32.2 Å². The Labute approximate surface area is 179 Å². The lowest BCUT2D eigenvalue weighted by molar-refractivity contribution is 0.0997. The van der Waals surface area contributed by atoms with Crippen LogP contribution in [0.25, 0.3) is 11.3 Å². The Morgan fingerprint density at radius 2 is 1.83 bits per heavy atom. The molecule has 1 fully saturated rings. The van der Waals surface area contributed by atoms with Crippen molar-refractivity contribution in [1.82, 2.24) is 0 Å². The van der Waals surface area contributed by atoms with E-state index in [2.05, 4.69) is 10.2 Å². The molecule has 1 N–H and O–H groups in total. The van der Waals surface area contributed by atoms with Crippen molar-refractivity contribution in [2.24, 2.45) is 0 Å². The van der Waals surface area contributed by atoms with E-state index in [9.17, 15) is 4.79 Å². The standard InChI is InChI=1S/C22H20Cl2N2O3/c1-14-16(3-2-4-17(14)23)20-7-8-21(29-20)22(27)25-15-5-6-19(18(24)13-15)26-9-11-28-12-10-26/h2-8,13H,9-12H2,1H3,(H,25,27). The summed E-state index contributed by atoms with van der Waals surface area (Å²) in [5, 5.41) is 4.07. The Morgan fingerprint density at radius 3 is 2.59 bits per heavy atom. The van der Waals surface area contributed by atoms with E-state index in [1.807, 2.05) is 37.3 Å². The molecule has 0 atom stereocenters. The van der Waals surface area contributed by atoms with E-state index in [-0.39, 0.29) is 11.7 Å². The van der Waals surface area contributed by atoms with Crippen LogP contribution in [0, 0.1) is 6.92 Å². The third kappa shape index (κ3) is 4.27. The van der Waals surface area contributed by atoms with Crippen molar-refractivity contribution in [3.63, 3.8) is 0 Å². The van der Waals surface area contributed by atoms with E-state index in [4.69, 9.17) is 32.4 Å². The number of benzene rings is 2. The lowest BCUT2D eigenvalue weighted by Gasteiger charge is -2.29. The summed E-state index contributed by atoms with van der Waals surface area (Å²) in [6, 6.07) is 14.5. The SMILES string of the molecule is Cc1c(Cl)cccc1-c1ccc(C(=O)Nc2ccc(N3CCOCC3)c(Cl)c2)o1. The van der Waals surface area contributed by atoms with Gasteiger partial charge in [0.2, 0.25) is 0 Å². The normalized spacial score (nSPS) is 14.1. The zero-order chi connectivity index (χ0) is 20.4. The van der Waals surface area contributed by atoms with Gasteiger partial charge in [0.1, 0.15) is 5.76 Å². The van der Waals surface area contributed by atoms with Gasteiger partial charge in [-0.05, 0) is 48.9 Å². The van der Waals surface area contributed by atoms with E-state index in [1.165, 1.54) is 0 Å². The van der Waals surface area contributed by atoms with Gasteiger partial charge in [-0.2, -0.15) is 0 Å².